The summed E-state index contributed by atoms with van der Waals surface area (Å²) < 4.78 is 5.19. The average Bonchev–Trinajstić information content (AvgIpc) is 2.49. The summed E-state index contributed by atoms with van der Waals surface area (Å²) in [5, 5.41) is 2.97. The molecular formula is C16H25N3O2. The zero-order valence-electron chi connectivity index (χ0n) is 13.0. The normalized spacial score (nSPS) is 18.4. The first-order valence-corrected chi connectivity index (χ1v) is 7.83. The number of aryl methyl sites for hydroxylation is 1. The second-order valence-electron chi connectivity index (χ2n) is 5.53. The first kappa shape index (κ1) is 15.6. The van der Waals surface area contributed by atoms with E-state index in [2.05, 4.69) is 22.1 Å². The van der Waals surface area contributed by atoms with Gasteiger partial charge in [-0.15, -0.1) is 0 Å². The van der Waals surface area contributed by atoms with E-state index in [9.17, 15) is 4.79 Å². The van der Waals surface area contributed by atoms with E-state index in [-0.39, 0.29) is 12.3 Å². The molecule has 1 N–H and O–H groups in total. The number of hydrogen-bond acceptors (Lipinski definition) is 4. The Morgan fingerprint density at radius 1 is 1.48 bits per heavy atom. The number of unbranched alkanes of at least 4 members (excludes halogenated alkanes) is 1. The van der Waals surface area contributed by atoms with Crippen LogP contribution in [-0.4, -0.2) is 30.4 Å². The third-order valence-corrected chi connectivity index (χ3v) is 3.71. The van der Waals surface area contributed by atoms with Crippen LogP contribution in [0.1, 0.15) is 44.6 Å². The van der Waals surface area contributed by atoms with E-state index in [1.165, 1.54) is 0 Å². The lowest BCUT2D eigenvalue weighted by Crippen LogP contribution is -2.51. The molecule has 1 aliphatic heterocycles. The van der Waals surface area contributed by atoms with E-state index in [1.807, 2.05) is 25.3 Å². The van der Waals surface area contributed by atoms with Crippen molar-refractivity contribution in [3.63, 3.8) is 0 Å². The highest BCUT2D eigenvalue weighted by molar-refractivity contribution is 5.68. The number of amides is 1. The van der Waals surface area contributed by atoms with E-state index in [0.717, 1.165) is 50.0 Å². The highest BCUT2D eigenvalue weighted by Crippen LogP contribution is 2.21. The summed E-state index contributed by atoms with van der Waals surface area (Å²) in [5.41, 5.74) is 1.14. The SMILES string of the molecule is CCCCOC(=O)NC1CCCCN1c1ccc(C)cn1. The van der Waals surface area contributed by atoms with Crippen LogP contribution in [0, 0.1) is 6.92 Å². The van der Waals surface area contributed by atoms with Crippen LogP contribution in [-0.2, 0) is 4.74 Å². The molecule has 5 nitrogen and oxygen atoms in total. The standard InChI is InChI=1S/C16H25N3O2/c1-3-4-11-21-16(20)18-15-7-5-6-10-19(15)14-9-8-13(2)12-17-14/h8-9,12,15H,3-7,10-11H2,1-2H3,(H,18,20). The fourth-order valence-corrected chi connectivity index (χ4v) is 2.47. The lowest BCUT2D eigenvalue weighted by molar-refractivity contribution is 0.138. The molecule has 116 valence electrons. The lowest BCUT2D eigenvalue weighted by Gasteiger charge is -2.36. The Kier molecular flexibility index (Phi) is 5.84. The van der Waals surface area contributed by atoms with Crippen molar-refractivity contribution in [2.75, 3.05) is 18.1 Å². The lowest BCUT2D eigenvalue weighted by atomic mass is 10.1. The molecule has 1 aromatic heterocycles. The van der Waals surface area contributed by atoms with Gasteiger partial charge in [-0.25, -0.2) is 9.78 Å². The molecule has 0 bridgehead atoms. The number of nitrogens with zero attached hydrogens (tertiary/aromatic N) is 2. The van der Waals surface area contributed by atoms with Gasteiger partial charge in [0, 0.05) is 12.7 Å². The van der Waals surface area contributed by atoms with Crippen LogP contribution in [0.25, 0.3) is 0 Å². The quantitative estimate of drug-likeness (QED) is 0.846. The van der Waals surface area contributed by atoms with Crippen molar-refractivity contribution in [1.82, 2.24) is 10.3 Å². The number of aromatic nitrogens is 1. The van der Waals surface area contributed by atoms with Gasteiger partial charge < -0.3 is 15.0 Å². The minimum atomic E-state index is -0.326. The summed E-state index contributed by atoms with van der Waals surface area (Å²) in [7, 11) is 0. The Hall–Kier alpha value is -1.78. The van der Waals surface area contributed by atoms with Gasteiger partial charge in [0.1, 0.15) is 12.0 Å². The molecule has 0 spiro atoms. The van der Waals surface area contributed by atoms with Gasteiger partial charge in [-0.2, -0.15) is 0 Å². The Balaban J connectivity index is 1.95. The Bertz CT molecular complexity index is 447. The van der Waals surface area contributed by atoms with Crippen molar-refractivity contribution in [2.45, 2.75) is 52.1 Å². The van der Waals surface area contributed by atoms with Crippen molar-refractivity contribution in [2.24, 2.45) is 0 Å². The Morgan fingerprint density at radius 2 is 2.33 bits per heavy atom. The molecular weight excluding hydrogens is 266 g/mol. The van der Waals surface area contributed by atoms with Crippen LogP contribution in [0.3, 0.4) is 0 Å². The van der Waals surface area contributed by atoms with Crippen LogP contribution in [0.4, 0.5) is 10.6 Å². The molecule has 1 fully saturated rings. The molecule has 1 unspecified atom stereocenters. The number of carbonyl (C=O) groups excluding carboxylic acids is 1. The number of nitrogens with one attached hydrogen (secondary N) is 1. The highest BCUT2D eigenvalue weighted by atomic mass is 16.5. The number of hydrogen-bond donors (Lipinski definition) is 1. The molecule has 1 atom stereocenters. The van der Waals surface area contributed by atoms with Gasteiger partial charge in [-0.1, -0.05) is 19.4 Å². The second-order valence-corrected chi connectivity index (χ2v) is 5.53. The van der Waals surface area contributed by atoms with Crippen LogP contribution in [0.5, 0.6) is 0 Å². The summed E-state index contributed by atoms with van der Waals surface area (Å²) in [6, 6.07) is 4.06. The second kappa shape index (κ2) is 7.86. The molecule has 21 heavy (non-hydrogen) atoms. The van der Waals surface area contributed by atoms with E-state index in [4.69, 9.17) is 4.74 Å². The fourth-order valence-electron chi connectivity index (χ4n) is 2.47. The molecule has 2 rings (SSSR count). The summed E-state index contributed by atoms with van der Waals surface area (Å²) >= 11 is 0. The Labute approximate surface area is 126 Å². The minimum absolute atomic E-state index is 0.0249. The van der Waals surface area contributed by atoms with Crippen molar-refractivity contribution in [3.8, 4) is 0 Å². The molecule has 0 saturated carbocycles. The predicted molar refractivity (Wildman–Crippen MR) is 83.4 cm³/mol. The zero-order valence-corrected chi connectivity index (χ0v) is 13.0. The van der Waals surface area contributed by atoms with E-state index < -0.39 is 0 Å². The van der Waals surface area contributed by atoms with Crippen molar-refractivity contribution in [1.29, 1.82) is 0 Å². The number of piperidine rings is 1. The molecule has 1 aromatic rings. The summed E-state index contributed by atoms with van der Waals surface area (Å²) in [5.74, 6) is 0.916. The van der Waals surface area contributed by atoms with Gasteiger partial charge in [-0.3, -0.25) is 0 Å². The van der Waals surface area contributed by atoms with Crippen LogP contribution in [0.15, 0.2) is 18.3 Å². The fraction of sp³-hybridized carbons (Fsp3) is 0.625. The molecule has 5 heteroatoms. The van der Waals surface area contributed by atoms with Gasteiger partial charge in [0.05, 0.1) is 6.61 Å². The van der Waals surface area contributed by atoms with Gasteiger partial charge in [0.25, 0.3) is 0 Å². The number of carbonyl (C=O) groups is 1. The summed E-state index contributed by atoms with van der Waals surface area (Å²) in [6.07, 6.45) is 6.60. The molecule has 0 aliphatic carbocycles. The number of rotatable bonds is 5. The molecule has 0 aromatic carbocycles. The maximum absolute atomic E-state index is 11.8. The maximum atomic E-state index is 11.8. The summed E-state index contributed by atoms with van der Waals surface area (Å²) in [4.78, 5) is 18.5. The van der Waals surface area contributed by atoms with Gasteiger partial charge in [0.2, 0.25) is 0 Å². The Morgan fingerprint density at radius 3 is 3.05 bits per heavy atom. The average molecular weight is 291 g/mol. The highest BCUT2D eigenvalue weighted by Gasteiger charge is 2.25. The molecule has 1 amide bonds. The maximum Gasteiger partial charge on any atom is 0.408 e. The predicted octanol–water partition coefficient (Wildman–Crippen LogP) is 3.23. The molecule has 2 heterocycles. The van der Waals surface area contributed by atoms with E-state index >= 15 is 0 Å². The van der Waals surface area contributed by atoms with Crippen molar-refractivity contribution < 1.29 is 9.53 Å². The number of alkyl carbamates (subject to hydrolysis) is 1. The van der Waals surface area contributed by atoms with Crippen LogP contribution >= 0.6 is 0 Å². The van der Waals surface area contributed by atoms with Crippen LogP contribution in [0.2, 0.25) is 0 Å². The van der Waals surface area contributed by atoms with Gasteiger partial charge >= 0.3 is 6.09 Å². The monoisotopic (exact) mass is 291 g/mol. The largest absolute Gasteiger partial charge is 0.450 e. The third-order valence-electron chi connectivity index (χ3n) is 3.71. The number of pyridine rings is 1. The first-order valence-electron chi connectivity index (χ1n) is 7.83. The van der Waals surface area contributed by atoms with Crippen molar-refractivity contribution in [3.05, 3.63) is 23.9 Å². The molecule has 0 radical (unpaired) electrons. The molecule has 1 aliphatic rings. The zero-order chi connectivity index (χ0) is 15.1. The van der Waals surface area contributed by atoms with E-state index in [1.54, 1.807) is 0 Å². The topological polar surface area (TPSA) is 54.5 Å². The number of ether oxygens (including phenoxy) is 1. The van der Waals surface area contributed by atoms with E-state index in [0.29, 0.717) is 6.61 Å². The molecule has 1 saturated heterocycles. The van der Waals surface area contributed by atoms with Gasteiger partial charge in [0.15, 0.2) is 0 Å². The minimum Gasteiger partial charge on any atom is -0.450 e. The first-order chi connectivity index (χ1) is 10.2. The number of anilines is 1. The summed E-state index contributed by atoms with van der Waals surface area (Å²) in [6.45, 7) is 5.49. The van der Waals surface area contributed by atoms with Crippen LogP contribution < -0.4 is 10.2 Å². The van der Waals surface area contributed by atoms with Crippen molar-refractivity contribution >= 4 is 11.9 Å². The van der Waals surface area contributed by atoms with Gasteiger partial charge in [-0.05, 0) is 44.2 Å². The smallest absolute Gasteiger partial charge is 0.408 e. The third kappa shape index (κ3) is 4.62.